The van der Waals surface area contributed by atoms with Gasteiger partial charge in [-0.1, -0.05) is 30.3 Å². The number of hydrogen-bond acceptors (Lipinski definition) is 4. The first-order valence-electron chi connectivity index (χ1n) is 7.70. The van der Waals surface area contributed by atoms with Crippen LogP contribution in [0.15, 0.2) is 41.7 Å². The number of carboxylic acids is 2. The molecule has 0 aromatic heterocycles. The maximum absolute atomic E-state index is 11.6. The normalized spacial score (nSPS) is 24.0. The highest BCUT2D eigenvalue weighted by Gasteiger charge is 2.55. The Morgan fingerprint density at radius 3 is 2.50 bits per heavy atom. The second-order valence-corrected chi connectivity index (χ2v) is 5.81. The van der Waals surface area contributed by atoms with E-state index in [-0.39, 0.29) is 30.1 Å². The Balaban J connectivity index is 1.78. The fourth-order valence-electron chi connectivity index (χ4n) is 3.06. The van der Waals surface area contributed by atoms with E-state index >= 15 is 0 Å². The third-order valence-corrected chi connectivity index (χ3v) is 4.26. The molecule has 1 aromatic rings. The van der Waals surface area contributed by atoms with Gasteiger partial charge < -0.3 is 14.9 Å². The van der Waals surface area contributed by atoms with Crippen LogP contribution in [0.25, 0.3) is 0 Å². The average Bonchev–Trinajstić information content (AvgIpc) is 2.85. The van der Waals surface area contributed by atoms with E-state index in [1.54, 1.807) is 0 Å². The lowest BCUT2D eigenvalue weighted by Crippen LogP contribution is -2.54. The summed E-state index contributed by atoms with van der Waals surface area (Å²) in [6.45, 7) is 0. The highest BCUT2D eigenvalue weighted by Crippen LogP contribution is 2.38. The predicted molar refractivity (Wildman–Crippen MR) is 81.8 cm³/mol. The lowest BCUT2D eigenvalue weighted by molar-refractivity contribution is -0.163. The minimum absolute atomic E-state index is 0.0690. The molecule has 2 saturated heterocycles. The number of benzene rings is 1. The summed E-state index contributed by atoms with van der Waals surface area (Å²) in [5.41, 5.74) is 1.01. The van der Waals surface area contributed by atoms with Crippen molar-refractivity contribution in [2.75, 3.05) is 0 Å². The summed E-state index contributed by atoms with van der Waals surface area (Å²) in [6.07, 6.45) is 0.831. The maximum Gasteiger partial charge on any atom is 0.335 e. The Hall–Kier alpha value is -2.83. The molecule has 2 heterocycles. The lowest BCUT2D eigenvalue weighted by atomic mass is 10.00. The molecule has 0 spiro atoms. The number of aryl methyl sites for hydroxylation is 1. The Kier molecular flexibility index (Phi) is 4.24. The van der Waals surface area contributed by atoms with Crippen molar-refractivity contribution in [1.29, 1.82) is 0 Å². The van der Waals surface area contributed by atoms with Gasteiger partial charge in [0.15, 0.2) is 12.3 Å². The second kappa shape index (κ2) is 6.35. The second-order valence-electron chi connectivity index (χ2n) is 5.81. The van der Waals surface area contributed by atoms with Crippen LogP contribution in [0.1, 0.15) is 24.8 Å². The van der Waals surface area contributed by atoms with Crippen LogP contribution in [0.2, 0.25) is 0 Å². The van der Waals surface area contributed by atoms with Crippen molar-refractivity contribution in [3.63, 3.8) is 0 Å². The first kappa shape index (κ1) is 16.0. The van der Waals surface area contributed by atoms with Crippen LogP contribution in [0.3, 0.4) is 0 Å². The molecule has 0 aliphatic carbocycles. The van der Waals surface area contributed by atoms with Crippen molar-refractivity contribution in [1.82, 2.24) is 4.90 Å². The maximum atomic E-state index is 11.6. The first-order valence-corrected chi connectivity index (χ1v) is 7.70. The molecule has 7 nitrogen and oxygen atoms in total. The molecule has 3 rings (SSSR count). The smallest absolute Gasteiger partial charge is 0.335 e. The molecule has 2 fully saturated rings. The van der Waals surface area contributed by atoms with Gasteiger partial charge in [-0.2, -0.15) is 0 Å². The zero-order valence-corrected chi connectivity index (χ0v) is 12.8. The summed E-state index contributed by atoms with van der Waals surface area (Å²) in [4.78, 5) is 35.7. The molecule has 2 aliphatic heterocycles. The van der Waals surface area contributed by atoms with Gasteiger partial charge in [0.25, 0.3) is 0 Å². The van der Waals surface area contributed by atoms with Gasteiger partial charge in [0, 0.05) is 0 Å². The van der Waals surface area contributed by atoms with Crippen molar-refractivity contribution < 1.29 is 29.3 Å². The van der Waals surface area contributed by atoms with Crippen LogP contribution in [0, 0.1) is 0 Å². The molecule has 1 aromatic carbocycles. The highest BCUT2D eigenvalue weighted by molar-refractivity contribution is 5.94. The largest absolute Gasteiger partial charge is 0.479 e. The van der Waals surface area contributed by atoms with E-state index in [0.29, 0.717) is 12.8 Å². The van der Waals surface area contributed by atoms with E-state index in [2.05, 4.69) is 0 Å². The van der Waals surface area contributed by atoms with E-state index in [1.165, 1.54) is 0 Å². The van der Waals surface area contributed by atoms with Crippen LogP contribution in [0.4, 0.5) is 0 Å². The Labute approximate surface area is 138 Å². The molecule has 2 aliphatic rings. The summed E-state index contributed by atoms with van der Waals surface area (Å²) in [7, 11) is 0. The average molecular weight is 331 g/mol. The fourth-order valence-corrected chi connectivity index (χ4v) is 3.06. The van der Waals surface area contributed by atoms with E-state index in [0.717, 1.165) is 10.5 Å². The van der Waals surface area contributed by atoms with E-state index in [4.69, 9.17) is 4.74 Å². The summed E-state index contributed by atoms with van der Waals surface area (Å²) in [5, 5.41) is 18.8. The van der Waals surface area contributed by atoms with Crippen molar-refractivity contribution in [3.8, 4) is 0 Å². The first-order chi connectivity index (χ1) is 11.5. The quantitative estimate of drug-likeness (QED) is 0.603. The van der Waals surface area contributed by atoms with E-state index < -0.39 is 24.2 Å². The van der Waals surface area contributed by atoms with Gasteiger partial charge in [-0.3, -0.25) is 9.69 Å². The molecule has 1 unspecified atom stereocenters. The molecule has 2 atom stereocenters. The SMILES string of the molecule is O=C(O)C(CCCc1ccccc1)=C1O[C@@H]2CC(=O)N2C1C(=O)O. The van der Waals surface area contributed by atoms with Crippen LogP contribution in [-0.4, -0.2) is 45.2 Å². The Morgan fingerprint density at radius 1 is 1.21 bits per heavy atom. The van der Waals surface area contributed by atoms with Crippen LogP contribution < -0.4 is 0 Å². The minimum Gasteiger partial charge on any atom is -0.479 e. The summed E-state index contributed by atoms with van der Waals surface area (Å²) < 4.78 is 5.45. The summed E-state index contributed by atoms with van der Waals surface area (Å²) in [5.74, 6) is -2.93. The van der Waals surface area contributed by atoms with Gasteiger partial charge in [0.05, 0.1) is 12.0 Å². The number of β-lactam (4-membered cyclic amide) rings is 1. The van der Waals surface area contributed by atoms with Gasteiger partial charge in [-0.15, -0.1) is 0 Å². The predicted octanol–water partition coefficient (Wildman–Crippen LogP) is 1.39. The standard InChI is InChI=1S/C17H17NO6/c19-12-9-13-18(12)14(17(22)23)15(24-13)11(16(20)21)8-4-7-10-5-2-1-3-6-10/h1-3,5-6,13-14H,4,7-9H2,(H,20,21)(H,22,23)/t13-,14?/m1/s1. The molecular weight excluding hydrogens is 314 g/mol. The number of rotatable bonds is 6. The van der Waals surface area contributed by atoms with Crippen molar-refractivity contribution in [2.24, 2.45) is 0 Å². The van der Waals surface area contributed by atoms with Crippen LogP contribution in [-0.2, 0) is 25.5 Å². The topological polar surface area (TPSA) is 104 Å². The number of carboxylic acid groups (broad SMARTS) is 2. The number of nitrogens with zero attached hydrogens (tertiary/aromatic N) is 1. The van der Waals surface area contributed by atoms with Gasteiger partial charge in [0.2, 0.25) is 5.91 Å². The number of fused-ring (bicyclic) bond motifs is 1. The number of carbonyl (C=O) groups excluding carboxylic acids is 1. The summed E-state index contributed by atoms with van der Waals surface area (Å²) in [6, 6.07) is 8.28. The Morgan fingerprint density at radius 2 is 1.92 bits per heavy atom. The summed E-state index contributed by atoms with van der Waals surface area (Å²) >= 11 is 0. The van der Waals surface area contributed by atoms with Gasteiger partial charge in [-0.25, -0.2) is 9.59 Å². The number of amides is 1. The van der Waals surface area contributed by atoms with Crippen LogP contribution >= 0.6 is 0 Å². The van der Waals surface area contributed by atoms with Crippen LogP contribution in [0.5, 0.6) is 0 Å². The number of hydrogen-bond donors (Lipinski definition) is 2. The zero-order chi connectivity index (χ0) is 17.3. The minimum atomic E-state index is -1.33. The molecule has 126 valence electrons. The molecular formula is C17H17NO6. The van der Waals surface area contributed by atoms with E-state index in [9.17, 15) is 24.6 Å². The van der Waals surface area contributed by atoms with Gasteiger partial charge >= 0.3 is 11.9 Å². The third kappa shape index (κ3) is 2.84. The number of ether oxygens (including phenoxy) is 1. The Bertz CT molecular complexity index is 711. The molecule has 2 N–H and O–H groups in total. The fraction of sp³-hybridized carbons (Fsp3) is 0.353. The molecule has 1 amide bonds. The molecule has 7 heteroatoms. The van der Waals surface area contributed by atoms with Crippen molar-refractivity contribution in [3.05, 3.63) is 47.2 Å². The lowest BCUT2D eigenvalue weighted by Gasteiger charge is -2.33. The van der Waals surface area contributed by atoms with Crippen molar-refractivity contribution >= 4 is 17.8 Å². The zero-order valence-electron chi connectivity index (χ0n) is 12.8. The van der Waals surface area contributed by atoms with Gasteiger partial charge in [-0.05, 0) is 24.8 Å². The van der Waals surface area contributed by atoms with E-state index in [1.807, 2.05) is 30.3 Å². The number of carbonyl (C=O) groups is 3. The highest BCUT2D eigenvalue weighted by atomic mass is 16.5. The third-order valence-electron chi connectivity index (χ3n) is 4.26. The molecule has 0 radical (unpaired) electrons. The molecule has 24 heavy (non-hydrogen) atoms. The van der Waals surface area contributed by atoms with Crippen molar-refractivity contribution in [2.45, 2.75) is 38.0 Å². The molecule has 0 bridgehead atoms. The number of aliphatic carboxylic acids is 2. The monoisotopic (exact) mass is 331 g/mol. The van der Waals surface area contributed by atoms with Gasteiger partial charge in [0.1, 0.15) is 5.76 Å². The molecule has 0 saturated carbocycles.